The molecule has 1 aromatic rings. The van der Waals surface area contributed by atoms with Crippen LogP contribution in [0.1, 0.15) is 102 Å². The van der Waals surface area contributed by atoms with Gasteiger partial charge in [0, 0.05) is 0 Å². The highest BCUT2D eigenvalue weighted by Crippen LogP contribution is 2.35. The number of ether oxygens (including phenoxy) is 7. The maximum atomic E-state index is 13.4. The molecule has 276 valence electrons. The van der Waals surface area contributed by atoms with E-state index in [2.05, 4.69) is 0 Å². The van der Waals surface area contributed by atoms with Gasteiger partial charge in [-0.3, -0.25) is 24.0 Å². The minimum Gasteiger partial charge on any atom is -0.462 e. The molecule has 12 heteroatoms. The monoisotopic (exact) mass is 692 g/mol. The van der Waals surface area contributed by atoms with Crippen LogP contribution in [0, 0.1) is 21.7 Å². The predicted octanol–water partition coefficient (Wildman–Crippen LogP) is 5.71. The molecule has 0 aliphatic carbocycles. The Hall–Kier alpha value is -3.51. The molecular weight excluding hydrogens is 636 g/mol. The van der Waals surface area contributed by atoms with Gasteiger partial charge in [-0.15, -0.1) is 0 Å². The van der Waals surface area contributed by atoms with Gasteiger partial charge in [0.1, 0.15) is 19.3 Å². The molecule has 0 saturated carbocycles. The molecule has 2 rings (SSSR count). The number of rotatable bonds is 11. The van der Waals surface area contributed by atoms with Crippen LogP contribution in [-0.2, 0) is 63.7 Å². The quantitative estimate of drug-likeness (QED) is 0.206. The number of benzene rings is 1. The zero-order valence-corrected chi connectivity index (χ0v) is 31.4. The van der Waals surface area contributed by atoms with Crippen LogP contribution in [0.3, 0.4) is 0 Å². The molecule has 12 nitrogen and oxygen atoms in total. The van der Waals surface area contributed by atoms with E-state index in [9.17, 15) is 24.0 Å². The zero-order chi connectivity index (χ0) is 37.5. The summed E-state index contributed by atoms with van der Waals surface area (Å²) in [5.74, 6) is -3.15. The van der Waals surface area contributed by atoms with E-state index in [-0.39, 0.29) is 13.0 Å². The first-order valence-electron chi connectivity index (χ1n) is 16.6. The van der Waals surface area contributed by atoms with E-state index in [1.54, 1.807) is 90.0 Å². The summed E-state index contributed by atoms with van der Waals surface area (Å²) >= 11 is 0. The third-order valence-electron chi connectivity index (χ3n) is 7.21. The number of hydrogen-bond acceptors (Lipinski definition) is 12. The fourth-order valence-corrected chi connectivity index (χ4v) is 4.11. The first-order chi connectivity index (χ1) is 22.3. The molecule has 0 N–H and O–H groups in total. The highest BCUT2D eigenvalue weighted by Gasteiger charge is 2.55. The molecule has 1 aliphatic rings. The Morgan fingerprint density at radius 3 is 1.55 bits per heavy atom. The summed E-state index contributed by atoms with van der Waals surface area (Å²) < 4.78 is 41.4. The van der Waals surface area contributed by atoms with Crippen LogP contribution in [0.4, 0.5) is 0 Å². The summed E-state index contributed by atoms with van der Waals surface area (Å²) in [6, 6.07) is 9.17. The molecular formula is C37H56O12. The molecule has 1 saturated heterocycles. The van der Waals surface area contributed by atoms with Gasteiger partial charge in [0.2, 0.25) is 0 Å². The van der Waals surface area contributed by atoms with E-state index < -0.39 is 94.9 Å². The second-order valence-electron chi connectivity index (χ2n) is 16.5. The predicted molar refractivity (Wildman–Crippen MR) is 178 cm³/mol. The van der Waals surface area contributed by atoms with Crippen LogP contribution in [0.2, 0.25) is 0 Å². The molecule has 0 aromatic heterocycles. The summed E-state index contributed by atoms with van der Waals surface area (Å²) in [5, 5.41) is 0. The Kier molecular flexibility index (Phi) is 14.0. The van der Waals surface area contributed by atoms with Crippen molar-refractivity contribution in [1.82, 2.24) is 0 Å². The standard InChI is InChI=1S/C37H56O12/c1-22(19-25(38)43-20-23-17-15-14-16-18-23)45-29-28(49-33(42)37(11,12)13)27(48-32(41)36(8,9)10)26(47-31(40)35(5,6)7)24(46-29)21-44-30(39)34(2,3)4/h14-18,22,24,26-29H,19-21H2,1-13H3/t22-,24?,26?,27?,28?,29?/m0/s1. The summed E-state index contributed by atoms with van der Waals surface area (Å²) in [7, 11) is 0. The normalized spacial score (nSPS) is 22.3. The fraction of sp³-hybridized carbons (Fsp3) is 0.703. The molecule has 49 heavy (non-hydrogen) atoms. The minimum absolute atomic E-state index is 0.0605. The molecule has 1 heterocycles. The molecule has 5 unspecified atom stereocenters. The summed E-state index contributed by atoms with van der Waals surface area (Å²) in [5.41, 5.74) is -3.09. The van der Waals surface area contributed by atoms with Crippen molar-refractivity contribution in [2.24, 2.45) is 21.7 Å². The summed E-state index contributed by atoms with van der Waals surface area (Å²) in [6.45, 7) is 21.0. The third kappa shape index (κ3) is 13.0. The second-order valence-corrected chi connectivity index (χ2v) is 16.5. The lowest BCUT2D eigenvalue weighted by atomic mass is 9.93. The van der Waals surface area contributed by atoms with E-state index in [1.165, 1.54) is 0 Å². The van der Waals surface area contributed by atoms with Crippen LogP contribution >= 0.6 is 0 Å². The molecule has 0 amide bonds. The Balaban J connectivity index is 2.56. The van der Waals surface area contributed by atoms with Gasteiger partial charge in [0.25, 0.3) is 0 Å². The molecule has 1 fully saturated rings. The third-order valence-corrected chi connectivity index (χ3v) is 7.21. The van der Waals surface area contributed by atoms with Crippen molar-refractivity contribution in [2.75, 3.05) is 6.61 Å². The van der Waals surface area contributed by atoms with Crippen LogP contribution in [-0.4, -0.2) is 73.3 Å². The van der Waals surface area contributed by atoms with Crippen molar-refractivity contribution >= 4 is 29.8 Å². The van der Waals surface area contributed by atoms with E-state index in [1.807, 2.05) is 30.3 Å². The molecule has 1 aromatic carbocycles. The van der Waals surface area contributed by atoms with E-state index in [4.69, 9.17) is 33.2 Å². The van der Waals surface area contributed by atoms with Gasteiger partial charge < -0.3 is 33.2 Å². The van der Waals surface area contributed by atoms with E-state index in [0.29, 0.717) is 0 Å². The second kappa shape index (κ2) is 16.5. The van der Waals surface area contributed by atoms with Crippen LogP contribution in [0.15, 0.2) is 30.3 Å². The number of carbonyl (C=O) groups is 5. The van der Waals surface area contributed by atoms with Crippen molar-refractivity contribution in [3.8, 4) is 0 Å². The largest absolute Gasteiger partial charge is 0.462 e. The highest BCUT2D eigenvalue weighted by atomic mass is 16.7. The average molecular weight is 693 g/mol. The van der Waals surface area contributed by atoms with Gasteiger partial charge in [0.05, 0.1) is 34.2 Å². The van der Waals surface area contributed by atoms with Gasteiger partial charge in [-0.2, -0.15) is 0 Å². The van der Waals surface area contributed by atoms with Crippen LogP contribution < -0.4 is 0 Å². The van der Waals surface area contributed by atoms with E-state index in [0.717, 1.165) is 5.56 Å². The first kappa shape index (κ1) is 41.7. The van der Waals surface area contributed by atoms with Gasteiger partial charge in [-0.25, -0.2) is 0 Å². The van der Waals surface area contributed by atoms with Crippen LogP contribution in [0.25, 0.3) is 0 Å². The van der Waals surface area contributed by atoms with Crippen molar-refractivity contribution in [3.05, 3.63) is 35.9 Å². The van der Waals surface area contributed by atoms with Gasteiger partial charge in [-0.05, 0) is 95.6 Å². The SMILES string of the molecule is C[C@@H](CC(=O)OCc1ccccc1)OC1OC(COC(=O)C(C)(C)C)C(OC(=O)C(C)(C)C)C(OC(=O)C(C)(C)C)C1OC(=O)C(C)(C)C. The number of hydrogen-bond donors (Lipinski definition) is 0. The average Bonchev–Trinajstić information content (AvgIpc) is 2.96. The Morgan fingerprint density at radius 2 is 1.08 bits per heavy atom. The lowest BCUT2D eigenvalue weighted by Crippen LogP contribution is -2.64. The molecule has 1 aliphatic heterocycles. The molecule has 0 spiro atoms. The Morgan fingerprint density at radius 1 is 0.633 bits per heavy atom. The van der Waals surface area contributed by atoms with Crippen molar-refractivity contribution < 1.29 is 57.1 Å². The van der Waals surface area contributed by atoms with Crippen LogP contribution in [0.5, 0.6) is 0 Å². The lowest BCUT2D eigenvalue weighted by Gasteiger charge is -2.46. The first-order valence-corrected chi connectivity index (χ1v) is 16.6. The zero-order valence-electron chi connectivity index (χ0n) is 31.4. The Labute approximate surface area is 290 Å². The molecule has 6 atom stereocenters. The van der Waals surface area contributed by atoms with Gasteiger partial charge in [-0.1, -0.05) is 30.3 Å². The smallest absolute Gasteiger partial charge is 0.311 e. The lowest BCUT2D eigenvalue weighted by molar-refractivity contribution is -0.319. The summed E-state index contributed by atoms with van der Waals surface area (Å²) in [6.07, 6.45) is -8.06. The molecule has 0 radical (unpaired) electrons. The van der Waals surface area contributed by atoms with Crippen molar-refractivity contribution in [1.29, 1.82) is 0 Å². The number of carbonyl (C=O) groups excluding carboxylic acids is 5. The summed E-state index contributed by atoms with van der Waals surface area (Å²) in [4.78, 5) is 65.7. The number of esters is 5. The van der Waals surface area contributed by atoms with Gasteiger partial charge >= 0.3 is 29.8 Å². The maximum absolute atomic E-state index is 13.4. The highest BCUT2D eigenvalue weighted by molar-refractivity contribution is 5.78. The topological polar surface area (TPSA) is 150 Å². The maximum Gasteiger partial charge on any atom is 0.311 e. The van der Waals surface area contributed by atoms with E-state index >= 15 is 0 Å². The van der Waals surface area contributed by atoms with Gasteiger partial charge in [0.15, 0.2) is 24.6 Å². The van der Waals surface area contributed by atoms with Crippen molar-refractivity contribution in [3.63, 3.8) is 0 Å². The fourth-order valence-electron chi connectivity index (χ4n) is 4.11. The van der Waals surface area contributed by atoms with Crippen molar-refractivity contribution in [2.45, 2.75) is 140 Å². The Bertz CT molecular complexity index is 1290. The molecule has 0 bridgehead atoms. The minimum atomic E-state index is -1.46.